The summed E-state index contributed by atoms with van der Waals surface area (Å²) in [5.41, 5.74) is 0.467. The van der Waals surface area contributed by atoms with Crippen molar-refractivity contribution < 1.29 is 14.3 Å². The zero-order valence-electron chi connectivity index (χ0n) is 13.6. The lowest BCUT2D eigenvalue weighted by Gasteiger charge is -2.10. The van der Waals surface area contributed by atoms with Crippen LogP contribution in [-0.2, 0) is 0 Å². The monoisotopic (exact) mass is 329 g/mol. The molecule has 2 aromatic rings. The van der Waals surface area contributed by atoms with E-state index in [9.17, 15) is 4.79 Å². The largest absolute Gasteiger partial charge is 0.454 e. The summed E-state index contributed by atoms with van der Waals surface area (Å²) in [6.45, 7) is 1.84. The molecule has 24 heavy (non-hydrogen) atoms. The lowest BCUT2D eigenvalue weighted by molar-refractivity contribution is 0.102. The van der Waals surface area contributed by atoms with Crippen LogP contribution in [0.4, 0.5) is 11.6 Å². The maximum absolute atomic E-state index is 12.2. The van der Waals surface area contributed by atoms with Gasteiger partial charge in [-0.2, -0.15) is 0 Å². The molecule has 1 aromatic heterocycles. The highest BCUT2D eigenvalue weighted by atomic mass is 16.7. The van der Waals surface area contributed by atoms with Crippen molar-refractivity contribution in [3.8, 4) is 11.5 Å². The number of hydrogen-bond acceptors (Lipinski definition) is 7. The van der Waals surface area contributed by atoms with Gasteiger partial charge in [0.2, 0.25) is 6.79 Å². The van der Waals surface area contributed by atoms with E-state index in [-0.39, 0.29) is 12.7 Å². The van der Waals surface area contributed by atoms with Crippen LogP contribution in [0.15, 0.2) is 30.3 Å². The number of carbonyl (C=O) groups excluding carboxylic acids is 1. The number of fused-ring (bicyclic) bond motifs is 1. The Balaban J connectivity index is 1.58. The average molecular weight is 329 g/mol. The first-order chi connectivity index (χ1) is 11.6. The highest BCUT2D eigenvalue weighted by Gasteiger charge is 2.16. The van der Waals surface area contributed by atoms with Crippen LogP contribution in [0.5, 0.6) is 11.5 Å². The molecule has 1 aromatic carbocycles. The third kappa shape index (κ3) is 3.90. The van der Waals surface area contributed by atoms with Crippen molar-refractivity contribution in [2.75, 3.05) is 44.6 Å². The maximum atomic E-state index is 12.2. The summed E-state index contributed by atoms with van der Waals surface area (Å²) >= 11 is 0. The summed E-state index contributed by atoms with van der Waals surface area (Å²) in [5, 5.41) is 13.9. The molecule has 0 radical (unpaired) electrons. The van der Waals surface area contributed by atoms with Crippen molar-refractivity contribution in [2.24, 2.45) is 0 Å². The average Bonchev–Trinajstić information content (AvgIpc) is 3.03. The number of anilines is 2. The number of aromatic nitrogens is 2. The summed E-state index contributed by atoms with van der Waals surface area (Å²) < 4.78 is 10.5. The van der Waals surface area contributed by atoms with E-state index in [1.807, 2.05) is 14.1 Å². The highest BCUT2D eigenvalue weighted by molar-refractivity contribution is 6.04. The third-order valence-electron chi connectivity index (χ3n) is 3.41. The molecule has 8 nitrogen and oxygen atoms in total. The smallest absolute Gasteiger partial charge is 0.257 e. The Morgan fingerprint density at radius 2 is 1.88 bits per heavy atom. The molecule has 0 atom stereocenters. The predicted octanol–water partition coefficient (Wildman–Crippen LogP) is 1.43. The second kappa shape index (κ2) is 7.14. The van der Waals surface area contributed by atoms with Gasteiger partial charge in [0.1, 0.15) is 5.82 Å². The number of amides is 1. The number of ether oxygens (including phenoxy) is 2. The summed E-state index contributed by atoms with van der Waals surface area (Å²) in [6, 6.07) is 8.50. The van der Waals surface area contributed by atoms with Crippen molar-refractivity contribution >= 4 is 17.5 Å². The second-order valence-electron chi connectivity index (χ2n) is 5.56. The molecule has 3 rings (SSSR count). The molecule has 0 bridgehead atoms. The first kappa shape index (κ1) is 16.0. The predicted molar refractivity (Wildman–Crippen MR) is 89.6 cm³/mol. The van der Waals surface area contributed by atoms with Crippen molar-refractivity contribution in [3.63, 3.8) is 0 Å². The van der Waals surface area contributed by atoms with Gasteiger partial charge in [0.05, 0.1) is 0 Å². The topological polar surface area (TPSA) is 88.6 Å². The van der Waals surface area contributed by atoms with Gasteiger partial charge in [-0.25, -0.2) is 0 Å². The van der Waals surface area contributed by atoms with Gasteiger partial charge in [0, 0.05) is 18.7 Å². The molecule has 2 heterocycles. The number of rotatable bonds is 6. The molecule has 0 aliphatic carbocycles. The number of nitrogens with one attached hydrogen (secondary N) is 2. The van der Waals surface area contributed by atoms with E-state index in [0.717, 1.165) is 13.1 Å². The van der Waals surface area contributed by atoms with Crippen LogP contribution in [0.25, 0.3) is 0 Å². The molecule has 0 saturated carbocycles. The summed E-state index contributed by atoms with van der Waals surface area (Å²) in [7, 11) is 4.00. The molecule has 1 aliphatic heterocycles. The Hall–Kier alpha value is -2.87. The standard InChI is InChI=1S/C16H19N5O3/c1-21(2)8-7-17-14-5-6-15(20-19-14)18-16(22)11-3-4-12-13(9-11)24-10-23-12/h3-6,9H,7-8,10H2,1-2H3,(H,17,19)(H,18,20,22). The van der Waals surface area contributed by atoms with Crippen LogP contribution in [0.3, 0.4) is 0 Å². The third-order valence-corrected chi connectivity index (χ3v) is 3.41. The van der Waals surface area contributed by atoms with Crippen molar-refractivity contribution in [2.45, 2.75) is 0 Å². The summed E-state index contributed by atoms with van der Waals surface area (Å²) in [4.78, 5) is 14.3. The lowest BCUT2D eigenvalue weighted by atomic mass is 10.2. The molecular weight excluding hydrogens is 310 g/mol. The number of carbonyl (C=O) groups is 1. The van der Waals surface area contributed by atoms with Crippen LogP contribution in [-0.4, -0.2) is 55.0 Å². The van der Waals surface area contributed by atoms with Crippen LogP contribution >= 0.6 is 0 Å². The van der Waals surface area contributed by atoms with E-state index in [2.05, 4.69) is 25.7 Å². The van der Waals surface area contributed by atoms with Gasteiger partial charge < -0.3 is 25.0 Å². The van der Waals surface area contributed by atoms with Gasteiger partial charge in [-0.05, 0) is 44.4 Å². The Morgan fingerprint density at radius 1 is 1.12 bits per heavy atom. The van der Waals surface area contributed by atoms with Gasteiger partial charge in [0.25, 0.3) is 5.91 Å². The SMILES string of the molecule is CN(C)CCNc1ccc(NC(=O)c2ccc3c(c2)OCO3)nn1. The maximum Gasteiger partial charge on any atom is 0.257 e. The molecule has 8 heteroatoms. The zero-order chi connectivity index (χ0) is 16.9. The van der Waals surface area contributed by atoms with E-state index in [4.69, 9.17) is 9.47 Å². The van der Waals surface area contributed by atoms with E-state index in [1.54, 1.807) is 30.3 Å². The molecule has 0 fully saturated rings. The quantitative estimate of drug-likeness (QED) is 0.829. The van der Waals surface area contributed by atoms with E-state index in [0.29, 0.717) is 28.7 Å². The molecule has 0 saturated heterocycles. The molecule has 0 spiro atoms. The van der Waals surface area contributed by atoms with E-state index in [1.165, 1.54) is 0 Å². The fourth-order valence-electron chi connectivity index (χ4n) is 2.13. The van der Waals surface area contributed by atoms with Crippen molar-refractivity contribution in [1.29, 1.82) is 0 Å². The Labute approximate surface area is 139 Å². The number of benzene rings is 1. The highest BCUT2D eigenvalue weighted by Crippen LogP contribution is 2.32. The van der Waals surface area contributed by atoms with Crippen molar-refractivity contribution in [3.05, 3.63) is 35.9 Å². The Kier molecular flexibility index (Phi) is 4.76. The first-order valence-electron chi connectivity index (χ1n) is 7.55. The summed E-state index contributed by atoms with van der Waals surface area (Å²) in [5.74, 6) is 1.97. The first-order valence-corrected chi connectivity index (χ1v) is 7.55. The lowest BCUT2D eigenvalue weighted by Crippen LogP contribution is -2.21. The van der Waals surface area contributed by atoms with Crippen LogP contribution in [0.1, 0.15) is 10.4 Å². The van der Waals surface area contributed by atoms with Gasteiger partial charge in [-0.3, -0.25) is 4.79 Å². The van der Waals surface area contributed by atoms with Gasteiger partial charge in [-0.15, -0.1) is 10.2 Å². The Bertz CT molecular complexity index is 718. The zero-order valence-corrected chi connectivity index (χ0v) is 13.6. The second-order valence-corrected chi connectivity index (χ2v) is 5.56. The van der Waals surface area contributed by atoms with Crippen molar-refractivity contribution in [1.82, 2.24) is 15.1 Å². The Morgan fingerprint density at radius 3 is 2.62 bits per heavy atom. The minimum atomic E-state index is -0.282. The number of likely N-dealkylation sites (N-methyl/N-ethyl adjacent to an activating group) is 1. The fourth-order valence-corrected chi connectivity index (χ4v) is 2.13. The van der Waals surface area contributed by atoms with Gasteiger partial charge in [-0.1, -0.05) is 0 Å². The van der Waals surface area contributed by atoms with E-state index < -0.39 is 0 Å². The van der Waals surface area contributed by atoms with E-state index >= 15 is 0 Å². The number of hydrogen-bond donors (Lipinski definition) is 2. The van der Waals surface area contributed by atoms with Gasteiger partial charge >= 0.3 is 0 Å². The molecular formula is C16H19N5O3. The van der Waals surface area contributed by atoms with Gasteiger partial charge in [0.15, 0.2) is 17.3 Å². The molecule has 126 valence electrons. The van der Waals surface area contributed by atoms with Crippen LogP contribution in [0.2, 0.25) is 0 Å². The summed E-state index contributed by atoms with van der Waals surface area (Å²) in [6.07, 6.45) is 0. The minimum absolute atomic E-state index is 0.175. The van der Waals surface area contributed by atoms with Crippen LogP contribution in [0, 0.1) is 0 Å². The fraction of sp³-hybridized carbons (Fsp3) is 0.312. The van der Waals surface area contributed by atoms with Crippen LogP contribution < -0.4 is 20.1 Å². The molecule has 0 unspecified atom stereocenters. The molecule has 1 amide bonds. The normalized spacial score (nSPS) is 12.3. The molecule has 2 N–H and O–H groups in total. The number of nitrogens with zero attached hydrogens (tertiary/aromatic N) is 3. The minimum Gasteiger partial charge on any atom is -0.454 e. The molecule has 1 aliphatic rings.